The molecule has 0 saturated heterocycles. The molecule has 18 heavy (non-hydrogen) atoms. The van der Waals surface area contributed by atoms with Crippen molar-refractivity contribution in [2.24, 2.45) is 5.73 Å². The van der Waals surface area contributed by atoms with E-state index in [1.807, 2.05) is 0 Å². The third-order valence-electron chi connectivity index (χ3n) is 4.02. The van der Waals surface area contributed by atoms with Crippen LogP contribution in [0.3, 0.4) is 0 Å². The van der Waals surface area contributed by atoms with E-state index in [1.54, 1.807) is 0 Å². The molecule has 1 saturated carbocycles. The van der Waals surface area contributed by atoms with Gasteiger partial charge in [-0.25, -0.2) is 0 Å². The third-order valence-corrected chi connectivity index (χ3v) is 4.02. The van der Waals surface area contributed by atoms with Crippen molar-refractivity contribution in [2.75, 3.05) is 14.1 Å². The van der Waals surface area contributed by atoms with Gasteiger partial charge in [0.15, 0.2) is 0 Å². The summed E-state index contributed by atoms with van der Waals surface area (Å²) in [6, 6.07) is 8.94. The van der Waals surface area contributed by atoms with Crippen LogP contribution in [-0.4, -0.2) is 19.0 Å². The molecule has 0 heterocycles. The van der Waals surface area contributed by atoms with Gasteiger partial charge in [-0.2, -0.15) is 0 Å². The van der Waals surface area contributed by atoms with E-state index >= 15 is 0 Å². The minimum Gasteiger partial charge on any atom is -0.321 e. The summed E-state index contributed by atoms with van der Waals surface area (Å²) in [5.41, 5.74) is 9.23. The summed E-state index contributed by atoms with van der Waals surface area (Å²) >= 11 is 0. The lowest BCUT2D eigenvalue weighted by Gasteiger charge is -2.29. The highest BCUT2D eigenvalue weighted by atomic mass is 15.0. The van der Waals surface area contributed by atoms with Crippen LogP contribution in [0.25, 0.3) is 0 Å². The van der Waals surface area contributed by atoms with Crippen molar-refractivity contribution in [1.82, 2.24) is 4.90 Å². The van der Waals surface area contributed by atoms with Crippen LogP contribution in [0, 0.1) is 0 Å². The maximum atomic E-state index is 6.62. The Hall–Kier alpha value is -0.860. The Bertz CT molecular complexity index is 359. The van der Waals surface area contributed by atoms with Crippen molar-refractivity contribution < 1.29 is 0 Å². The Morgan fingerprint density at radius 2 is 1.56 bits per heavy atom. The summed E-state index contributed by atoms with van der Waals surface area (Å²) in [6.07, 6.45) is 7.52. The summed E-state index contributed by atoms with van der Waals surface area (Å²) in [6.45, 7) is 0.998. The van der Waals surface area contributed by atoms with Gasteiger partial charge >= 0.3 is 0 Å². The predicted molar refractivity (Wildman–Crippen MR) is 77.4 cm³/mol. The zero-order chi connectivity index (χ0) is 13.0. The zero-order valence-corrected chi connectivity index (χ0v) is 11.8. The van der Waals surface area contributed by atoms with E-state index in [0.717, 1.165) is 19.4 Å². The molecule has 0 aliphatic heterocycles. The first-order chi connectivity index (χ1) is 8.60. The molecule has 0 amide bonds. The number of hydrogen-bond acceptors (Lipinski definition) is 2. The summed E-state index contributed by atoms with van der Waals surface area (Å²) in [7, 11) is 4.20. The second-order valence-electron chi connectivity index (χ2n) is 6.01. The first kappa shape index (κ1) is 13.6. The van der Waals surface area contributed by atoms with Gasteiger partial charge in [-0.1, -0.05) is 49.9 Å². The fourth-order valence-corrected chi connectivity index (χ4v) is 2.96. The van der Waals surface area contributed by atoms with Crippen LogP contribution >= 0.6 is 0 Å². The first-order valence-electron chi connectivity index (χ1n) is 7.13. The van der Waals surface area contributed by atoms with E-state index < -0.39 is 0 Å². The van der Waals surface area contributed by atoms with Gasteiger partial charge in [0.1, 0.15) is 0 Å². The Morgan fingerprint density at radius 3 is 2.06 bits per heavy atom. The molecule has 2 nitrogen and oxygen atoms in total. The maximum Gasteiger partial charge on any atom is 0.0409 e. The summed E-state index contributed by atoms with van der Waals surface area (Å²) in [4.78, 5) is 2.19. The molecule has 0 radical (unpaired) electrons. The Labute approximate surface area is 111 Å². The molecule has 1 aliphatic carbocycles. The molecular weight excluding hydrogens is 220 g/mol. The van der Waals surface area contributed by atoms with E-state index in [2.05, 4.69) is 43.3 Å². The molecule has 2 rings (SSSR count). The number of hydrogen-bond donors (Lipinski definition) is 1. The van der Waals surface area contributed by atoms with E-state index in [0.29, 0.717) is 0 Å². The summed E-state index contributed by atoms with van der Waals surface area (Å²) in [5, 5.41) is 0. The quantitative estimate of drug-likeness (QED) is 0.830. The van der Waals surface area contributed by atoms with Crippen molar-refractivity contribution >= 4 is 0 Å². The number of nitrogens with zero attached hydrogens (tertiary/aromatic N) is 1. The SMILES string of the molecule is CN(C)Cc1ccc(C2(N)CCCCCC2)cc1. The van der Waals surface area contributed by atoms with Gasteiger partial charge in [0.2, 0.25) is 0 Å². The molecule has 1 aromatic carbocycles. The van der Waals surface area contributed by atoms with E-state index in [1.165, 1.54) is 36.8 Å². The fourth-order valence-electron chi connectivity index (χ4n) is 2.96. The topological polar surface area (TPSA) is 29.3 Å². The molecule has 1 fully saturated rings. The van der Waals surface area contributed by atoms with Gasteiger partial charge in [0, 0.05) is 12.1 Å². The highest BCUT2D eigenvalue weighted by Crippen LogP contribution is 2.33. The van der Waals surface area contributed by atoms with E-state index in [4.69, 9.17) is 5.73 Å². The summed E-state index contributed by atoms with van der Waals surface area (Å²) < 4.78 is 0. The lowest BCUT2D eigenvalue weighted by atomic mass is 9.83. The Morgan fingerprint density at radius 1 is 1.00 bits per heavy atom. The van der Waals surface area contributed by atoms with Crippen LogP contribution in [0.5, 0.6) is 0 Å². The lowest BCUT2D eigenvalue weighted by Crippen LogP contribution is -2.35. The average Bonchev–Trinajstić information content (AvgIpc) is 2.55. The second-order valence-corrected chi connectivity index (χ2v) is 6.01. The van der Waals surface area contributed by atoms with Gasteiger partial charge in [0.05, 0.1) is 0 Å². The normalized spacial score (nSPS) is 19.8. The predicted octanol–water partition coefficient (Wildman–Crippen LogP) is 3.26. The van der Waals surface area contributed by atoms with Crippen LogP contribution < -0.4 is 5.73 Å². The van der Waals surface area contributed by atoms with Crippen molar-refractivity contribution in [1.29, 1.82) is 0 Å². The van der Waals surface area contributed by atoms with E-state index in [-0.39, 0.29) is 5.54 Å². The van der Waals surface area contributed by atoms with Crippen LogP contribution in [0.15, 0.2) is 24.3 Å². The van der Waals surface area contributed by atoms with Gasteiger partial charge in [0.25, 0.3) is 0 Å². The molecule has 0 aromatic heterocycles. The lowest BCUT2D eigenvalue weighted by molar-refractivity contribution is 0.384. The van der Waals surface area contributed by atoms with Gasteiger partial charge in [-0.3, -0.25) is 0 Å². The number of nitrogens with two attached hydrogens (primary N) is 1. The standard InChI is InChI=1S/C16H26N2/c1-18(2)13-14-7-9-15(10-8-14)16(17)11-5-3-4-6-12-16/h7-10H,3-6,11-13,17H2,1-2H3. The molecule has 100 valence electrons. The number of rotatable bonds is 3. The molecule has 0 bridgehead atoms. The smallest absolute Gasteiger partial charge is 0.0409 e. The molecule has 1 aliphatic rings. The van der Waals surface area contributed by atoms with Gasteiger partial charge < -0.3 is 10.6 Å². The summed E-state index contributed by atoms with van der Waals surface area (Å²) in [5.74, 6) is 0. The molecule has 0 unspecified atom stereocenters. The Kier molecular flexibility index (Phi) is 4.41. The molecule has 1 aromatic rings. The second kappa shape index (κ2) is 5.85. The minimum atomic E-state index is -0.0762. The van der Waals surface area contributed by atoms with Crippen molar-refractivity contribution in [3.63, 3.8) is 0 Å². The number of benzene rings is 1. The molecule has 0 atom stereocenters. The van der Waals surface area contributed by atoms with Crippen LogP contribution in [-0.2, 0) is 12.1 Å². The Balaban J connectivity index is 2.12. The molecule has 2 heteroatoms. The molecule has 0 spiro atoms. The highest BCUT2D eigenvalue weighted by molar-refractivity contribution is 5.28. The van der Waals surface area contributed by atoms with Crippen molar-refractivity contribution in [3.05, 3.63) is 35.4 Å². The van der Waals surface area contributed by atoms with Gasteiger partial charge in [-0.15, -0.1) is 0 Å². The van der Waals surface area contributed by atoms with Crippen LogP contribution in [0.2, 0.25) is 0 Å². The van der Waals surface area contributed by atoms with Crippen LogP contribution in [0.4, 0.5) is 0 Å². The minimum absolute atomic E-state index is 0.0762. The zero-order valence-electron chi connectivity index (χ0n) is 11.8. The van der Waals surface area contributed by atoms with Gasteiger partial charge in [-0.05, 0) is 38.1 Å². The van der Waals surface area contributed by atoms with E-state index in [9.17, 15) is 0 Å². The first-order valence-corrected chi connectivity index (χ1v) is 7.13. The largest absolute Gasteiger partial charge is 0.321 e. The monoisotopic (exact) mass is 246 g/mol. The van der Waals surface area contributed by atoms with Crippen LogP contribution in [0.1, 0.15) is 49.7 Å². The average molecular weight is 246 g/mol. The highest BCUT2D eigenvalue weighted by Gasteiger charge is 2.27. The fraction of sp³-hybridized carbons (Fsp3) is 0.625. The molecular formula is C16H26N2. The molecule has 2 N–H and O–H groups in total. The van der Waals surface area contributed by atoms with Crippen molar-refractivity contribution in [3.8, 4) is 0 Å². The maximum absolute atomic E-state index is 6.62. The van der Waals surface area contributed by atoms with Crippen molar-refractivity contribution in [2.45, 2.75) is 50.6 Å². The third kappa shape index (κ3) is 3.33.